The van der Waals surface area contributed by atoms with Crippen LogP contribution in [0.3, 0.4) is 0 Å². The van der Waals surface area contributed by atoms with Crippen molar-refractivity contribution in [2.75, 3.05) is 52.9 Å². The van der Waals surface area contributed by atoms with Gasteiger partial charge in [-0.1, -0.05) is 30.3 Å². The monoisotopic (exact) mass is 426 g/mol. The van der Waals surface area contributed by atoms with E-state index >= 15 is 0 Å². The Morgan fingerprint density at radius 1 is 1.03 bits per heavy atom. The number of benzene rings is 2. The second kappa shape index (κ2) is 11.5. The van der Waals surface area contributed by atoms with Gasteiger partial charge in [-0.05, 0) is 18.4 Å². The molecule has 1 aliphatic rings. The minimum absolute atomic E-state index is 0.0235. The van der Waals surface area contributed by atoms with Gasteiger partial charge < -0.3 is 29.7 Å². The molecule has 0 amide bonds. The molecule has 2 aromatic carbocycles. The van der Waals surface area contributed by atoms with Gasteiger partial charge in [0.25, 0.3) is 0 Å². The van der Waals surface area contributed by atoms with Crippen molar-refractivity contribution in [2.24, 2.45) is 4.99 Å². The summed E-state index contributed by atoms with van der Waals surface area (Å²) in [5.41, 5.74) is 2.28. The van der Waals surface area contributed by atoms with Gasteiger partial charge in [-0.25, -0.2) is 0 Å². The average molecular weight is 427 g/mol. The maximum Gasteiger partial charge on any atom is 0.191 e. The highest BCUT2D eigenvalue weighted by molar-refractivity contribution is 5.80. The van der Waals surface area contributed by atoms with Crippen LogP contribution in [0.15, 0.2) is 53.5 Å². The van der Waals surface area contributed by atoms with E-state index in [0.29, 0.717) is 12.6 Å². The minimum Gasteiger partial charge on any atom is -0.497 e. The van der Waals surface area contributed by atoms with Crippen molar-refractivity contribution in [2.45, 2.75) is 25.0 Å². The van der Waals surface area contributed by atoms with Crippen molar-refractivity contribution < 1.29 is 14.2 Å². The summed E-state index contributed by atoms with van der Waals surface area (Å²) in [5, 5.41) is 6.97. The van der Waals surface area contributed by atoms with Gasteiger partial charge in [0.05, 0.1) is 20.3 Å². The lowest BCUT2D eigenvalue weighted by Crippen LogP contribution is -2.49. The fourth-order valence-corrected chi connectivity index (χ4v) is 3.84. The van der Waals surface area contributed by atoms with Gasteiger partial charge in [0.2, 0.25) is 0 Å². The zero-order chi connectivity index (χ0) is 22.1. The number of aliphatic imine (C=N–C) groups is 1. The molecule has 7 heteroatoms. The second-order valence-electron chi connectivity index (χ2n) is 7.56. The summed E-state index contributed by atoms with van der Waals surface area (Å²) in [6.45, 7) is 2.56. The van der Waals surface area contributed by atoms with Gasteiger partial charge >= 0.3 is 0 Å². The van der Waals surface area contributed by atoms with Crippen LogP contribution in [0.4, 0.5) is 5.69 Å². The van der Waals surface area contributed by atoms with Crippen molar-refractivity contribution in [1.82, 2.24) is 10.6 Å². The zero-order valence-electron chi connectivity index (χ0n) is 18.9. The Kier molecular flexibility index (Phi) is 8.41. The summed E-state index contributed by atoms with van der Waals surface area (Å²) in [5.74, 6) is 2.43. The highest BCUT2D eigenvalue weighted by Crippen LogP contribution is 2.30. The predicted molar refractivity (Wildman–Crippen MR) is 125 cm³/mol. The van der Waals surface area contributed by atoms with Crippen LogP contribution in [0.1, 0.15) is 24.5 Å². The van der Waals surface area contributed by atoms with Crippen LogP contribution in [0.5, 0.6) is 11.5 Å². The van der Waals surface area contributed by atoms with Crippen LogP contribution in [0.25, 0.3) is 0 Å². The predicted octanol–water partition coefficient (Wildman–Crippen LogP) is 3.23. The Morgan fingerprint density at radius 2 is 1.68 bits per heavy atom. The van der Waals surface area contributed by atoms with Crippen molar-refractivity contribution in [3.63, 3.8) is 0 Å². The Hall–Kier alpha value is -2.93. The minimum atomic E-state index is -0.0235. The number of methoxy groups -OCH3 is 3. The van der Waals surface area contributed by atoms with Gasteiger partial charge in [-0.3, -0.25) is 4.99 Å². The van der Waals surface area contributed by atoms with E-state index in [1.54, 1.807) is 28.4 Å². The van der Waals surface area contributed by atoms with Crippen molar-refractivity contribution in [3.8, 4) is 11.5 Å². The lowest BCUT2D eigenvalue weighted by molar-refractivity contribution is 0.106. The van der Waals surface area contributed by atoms with E-state index in [0.717, 1.165) is 54.6 Å². The molecule has 1 heterocycles. The third kappa shape index (κ3) is 6.28. The molecule has 0 saturated carbocycles. The van der Waals surface area contributed by atoms with E-state index < -0.39 is 0 Å². The molecule has 1 fully saturated rings. The first-order valence-corrected chi connectivity index (χ1v) is 10.7. The largest absolute Gasteiger partial charge is 0.497 e. The van der Waals surface area contributed by atoms with Gasteiger partial charge in [-0.15, -0.1) is 0 Å². The smallest absolute Gasteiger partial charge is 0.191 e. The molecule has 1 saturated heterocycles. The summed E-state index contributed by atoms with van der Waals surface area (Å²) in [6, 6.07) is 16.6. The summed E-state index contributed by atoms with van der Waals surface area (Å²) in [7, 11) is 6.90. The van der Waals surface area contributed by atoms with Crippen molar-refractivity contribution in [1.29, 1.82) is 0 Å². The summed E-state index contributed by atoms with van der Waals surface area (Å²) < 4.78 is 16.5. The maximum absolute atomic E-state index is 5.65. The number of hydrogen-bond donors (Lipinski definition) is 2. The molecule has 0 radical (unpaired) electrons. The van der Waals surface area contributed by atoms with Crippen LogP contribution in [0, 0.1) is 0 Å². The Balaban J connectivity index is 1.51. The summed E-state index contributed by atoms with van der Waals surface area (Å²) >= 11 is 0. The van der Waals surface area contributed by atoms with Gasteiger partial charge in [0, 0.05) is 63.7 Å². The van der Waals surface area contributed by atoms with E-state index in [4.69, 9.17) is 14.2 Å². The molecule has 3 rings (SSSR count). The molecular formula is C24H34N4O3. The number of hydrogen-bond acceptors (Lipinski definition) is 5. The third-order valence-corrected chi connectivity index (χ3v) is 5.67. The second-order valence-corrected chi connectivity index (χ2v) is 7.56. The van der Waals surface area contributed by atoms with E-state index in [9.17, 15) is 0 Å². The summed E-state index contributed by atoms with van der Waals surface area (Å²) in [6.07, 6.45) is 2.02. The Bertz CT molecular complexity index is 814. The van der Waals surface area contributed by atoms with Crippen LogP contribution in [-0.4, -0.2) is 60.0 Å². The van der Waals surface area contributed by atoms with E-state index in [-0.39, 0.29) is 6.10 Å². The Labute approximate surface area is 185 Å². The average Bonchev–Trinajstić information content (AvgIpc) is 2.84. The molecule has 0 bridgehead atoms. The highest BCUT2D eigenvalue weighted by atomic mass is 16.5. The number of nitrogens with one attached hydrogen (secondary N) is 2. The topological polar surface area (TPSA) is 67.4 Å². The number of nitrogens with zero attached hydrogens (tertiary/aromatic N) is 2. The molecule has 2 aromatic rings. The van der Waals surface area contributed by atoms with Gasteiger partial charge in [-0.2, -0.15) is 0 Å². The SMILES string of the molecule is CN=C(NCC(OC)c1ccccc1)NC1CCN(c2cc(OC)cc(OC)c2)CC1. The number of piperidine rings is 1. The lowest BCUT2D eigenvalue weighted by atomic mass is 10.0. The van der Waals surface area contributed by atoms with Gasteiger partial charge in [0.1, 0.15) is 11.5 Å². The van der Waals surface area contributed by atoms with E-state index in [2.05, 4.69) is 44.8 Å². The van der Waals surface area contributed by atoms with Crippen molar-refractivity contribution in [3.05, 3.63) is 54.1 Å². The molecule has 7 nitrogen and oxygen atoms in total. The first kappa shape index (κ1) is 22.7. The molecule has 2 N–H and O–H groups in total. The number of anilines is 1. The normalized spacial score (nSPS) is 16.0. The molecule has 1 atom stereocenters. The first-order chi connectivity index (χ1) is 15.2. The first-order valence-electron chi connectivity index (χ1n) is 10.7. The molecule has 168 valence electrons. The molecule has 1 unspecified atom stereocenters. The Morgan fingerprint density at radius 3 is 2.23 bits per heavy atom. The fourth-order valence-electron chi connectivity index (χ4n) is 3.84. The fraction of sp³-hybridized carbons (Fsp3) is 0.458. The molecule has 31 heavy (non-hydrogen) atoms. The molecule has 0 aliphatic carbocycles. The van der Waals surface area contributed by atoms with Gasteiger partial charge in [0.15, 0.2) is 5.96 Å². The van der Waals surface area contributed by atoms with E-state index in [1.807, 2.05) is 24.3 Å². The number of rotatable bonds is 8. The lowest BCUT2D eigenvalue weighted by Gasteiger charge is -2.35. The third-order valence-electron chi connectivity index (χ3n) is 5.67. The maximum atomic E-state index is 5.65. The van der Waals surface area contributed by atoms with Crippen LogP contribution in [-0.2, 0) is 4.74 Å². The molecule has 0 aromatic heterocycles. The highest BCUT2D eigenvalue weighted by Gasteiger charge is 2.21. The van der Waals surface area contributed by atoms with Crippen molar-refractivity contribution >= 4 is 11.6 Å². The molecular weight excluding hydrogens is 392 g/mol. The van der Waals surface area contributed by atoms with Crippen LogP contribution >= 0.6 is 0 Å². The molecule has 1 aliphatic heterocycles. The van der Waals surface area contributed by atoms with E-state index in [1.165, 1.54) is 0 Å². The zero-order valence-corrected chi connectivity index (χ0v) is 18.9. The standard InChI is InChI=1S/C24H34N4O3/c1-25-24(26-17-23(31-4)18-8-6-5-7-9-18)27-19-10-12-28(13-11-19)20-14-21(29-2)16-22(15-20)30-3/h5-9,14-16,19,23H,10-13,17H2,1-4H3,(H2,25,26,27). The quantitative estimate of drug-likeness (QED) is 0.499. The van der Waals surface area contributed by atoms with Crippen LogP contribution in [0.2, 0.25) is 0 Å². The van der Waals surface area contributed by atoms with Crippen LogP contribution < -0.4 is 25.0 Å². The number of ether oxygens (including phenoxy) is 3. The number of guanidine groups is 1. The summed E-state index contributed by atoms with van der Waals surface area (Å²) in [4.78, 5) is 6.77. The molecule has 0 spiro atoms.